The number of ether oxygens (including phenoxy) is 1. The Hall–Kier alpha value is -2.58. The fraction of sp³-hybridized carbons (Fsp3) is 0.529. The molecule has 1 aliphatic heterocycles. The zero-order valence-electron chi connectivity index (χ0n) is 14.6. The van der Waals surface area contributed by atoms with E-state index in [1.807, 2.05) is 11.8 Å². The lowest BCUT2D eigenvalue weighted by Crippen LogP contribution is -2.47. The molecule has 0 saturated carbocycles. The maximum atomic E-state index is 14.3. The van der Waals surface area contributed by atoms with Crippen LogP contribution in [0.4, 0.5) is 14.7 Å². The van der Waals surface area contributed by atoms with Gasteiger partial charge in [0.25, 0.3) is 5.92 Å². The fourth-order valence-corrected chi connectivity index (χ4v) is 3.36. The Bertz CT molecular complexity index is 867. The molecule has 9 heteroatoms. The monoisotopic (exact) mass is 363 g/mol. The van der Waals surface area contributed by atoms with Crippen molar-refractivity contribution < 1.29 is 18.3 Å². The van der Waals surface area contributed by atoms with Crippen molar-refractivity contribution in [3.63, 3.8) is 0 Å². The first kappa shape index (κ1) is 16.9. The minimum Gasteiger partial charge on any atom is -0.468 e. The maximum Gasteiger partial charge on any atom is 0.327 e. The molecule has 1 saturated heterocycles. The summed E-state index contributed by atoms with van der Waals surface area (Å²) < 4.78 is 34.7. The number of aromatic nitrogens is 4. The lowest BCUT2D eigenvalue weighted by molar-refractivity contribution is -0.141. The number of fused-ring (bicyclic) bond motifs is 1. The first-order valence-corrected chi connectivity index (χ1v) is 8.54. The average Bonchev–Trinajstić information content (AvgIpc) is 3.18. The molecule has 0 amide bonds. The predicted molar refractivity (Wildman–Crippen MR) is 88.9 cm³/mol. The van der Waals surface area contributed by atoms with Gasteiger partial charge >= 0.3 is 5.97 Å². The van der Waals surface area contributed by atoms with Gasteiger partial charge in [-0.15, -0.1) is 0 Å². The maximum absolute atomic E-state index is 14.3. The molecular formula is C17H19F2N5O2. The Morgan fingerprint density at radius 1 is 1.42 bits per heavy atom. The Labute approximate surface area is 149 Å². The average molecular weight is 363 g/mol. The summed E-state index contributed by atoms with van der Waals surface area (Å²) in [5, 5.41) is 4.12. The van der Waals surface area contributed by atoms with Crippen molar-refractivity contribution in [1.29, 1.82) is 0 Å². The van der Waals surface area contributed by atoms with Crippen molar-refractivity contribution in [1.82, 2.24) is 19.7 Å². The predicted octanol–water partition coefficient (Wildman–Crippen LogP) is 2.15. The summed E-state index contributed by atoms with van der Waals surface area (Å²) in [5.41, 5.74) is 1.35. The third-order valence-corrected chi connectivity index (χ3v) is 5.03. The van der Waals surface area contributed by atoms with Crippen molar-refractivity contribution >= 4 is 11.9 Å². The normalized spacial score (nSPS) is 20.6. The standard InChI is InChI=1S/C17H19F2N5O2/c1-10-4-6-24(10)16-21-14(12-3-5-17(18,19)15(12)22-16)11-7-20-23(8-11)9-13(25)26-2/h7-8,10H,3-6,9H2,1-2H3. The van der Waals surface area contributed by atoms with Crippen LogP contribution in [0.25, 0.3) is 11.3 Å². The van der Waals surface area contributed by atoms with Crippen molar-refractivity contribution in [2.45, 2.75) is 44.7 Å². The first-order valence-electron chi connectivity index (χ1n) is 8.54. The van der Waals surface area contributed by atoms with Gasteiger partial charge in [0.2, 0.25) is 5.95 Å². The van der Waals surface area contributed by atoms with Gasteiger partial charge in [-0.1, -0.05) is 0 Å². The number of halogens is 2. The number of alkyl halides is 2. The van der Waals surface area contributed by atoms with Crippen LogP contribution in [0.2, 0.25) is 0 Å². The highest BCUT2D eigenvalue weighted by Gasteiger charge is 2.44. The van der Waals surface area contributed by atoms with E-state index in [-0.39, 0.29) is 31.1 Å². The molecule has 138 valence electrons. The summed E-state index contributed by atoms with van der Waals surface area (Å²) >= 11 is 0. The molecule has 2 aliphatic rings. The molecule has 7 nitrogen and oxygen atoms in total. The molecule has 0 N–H and O–H groups in total. The van der Waals surface area contributed by atoms with Gasteiger partial charge in [-0.2, -0.15) is 13.9 Å². The lowest BCUT2D eigenvalue weighted by atomic mass is 10.1. The molecule has 2 aromatic heterocycles. The molecule has 0 bridgehead atoms. The van der Waals surface area contributed by atoms with Crippen LogP contribution in [0.3, 0.4) is 0 Å². The van der Waals surface area contributed by atoms with Crippen molar-refractivity contribution in [2.24, 2.45) is 0 Å². The highest BCUT2D eigenvalue weighted by molar-refractivity contribution is 5.70. The van der Waals surface area contributed by atoms with E-state index < -0.39 is 11.9 Å². The minimum atomic E-state index is -2.95. The SMILES string of the molecule is COC(=O)Cn1cc(-c2nc(N3CCC3C)nc3c2CCC3(F)F)cn1. The van der Waals surface area contributed by atoms with Crippen LogP contribution in [0.1, 0.15) is 31.0 Å². The fourth-order valence-electron chi connectivity index (χ4n) is 3.36. The third kappa shape index (κ3) is 2.71. The van der Waals surface area contributed by atoms with Crippen molar-refractivity contribution in [2.75, 3.05) is 18.6 Å². The summed E-state index contributed by atoms with van der Waals surface area (Å²) in [6.45, 7) is 2.73. The molecule has 0 radical (unpaired) electrons. The van der Waals surface area contributed by atoms with Gasteiger partial charge in [0, 0.05) is 36.3 Å². The Kier molecular flexibility index (Phi) is 3.89. The molecule has 3 heterocycles. The first-order chi connectivity index (χ1) is 12.4. The van der Waals surface area contributed by atoms with Crippen LogP contribution in [0, 0.1) is 0 Å². The Balaban J connectivity index is 1.77. The van der Waals surface area contributed by atoms with Gasteiger partial charge < -0.3 is 9.64 Å². The van der Waals surface area contributed by atoms with Crippen molar-refractivity contribution in [3.05, 3.63) is 23.7 Å². The molecule has 2 aromatic rings. The zero-order chi connectivity index (χ0) is 18.5. The third-order valence-electron chi connectivity index (χ3n) is 5.03. The lowest BCUT2D eigenvalue weighted by Gasteiger charge is -2.39. The number of methoxy groups -OCH3 is 1. The van der Waals surface area contributed by atoms with Gasteiger partial charge in [-0.05, 0) is 19.8 Å². The molecule has 26 heavy (non-hydrogen) atoms. The number of esters is 1. The van der Waals surface area contributed by atoms with E-state index in [1.165, 1.54) is 18.0 Å². The number of nitrogens with zero attached hydrogens (tertiary/aromatic N) is 5. The number of hydrogen-bond donors (Lipinski definition) is 0. The van der Waals surface area contributed by atoms with Gasteiger partial charge in [0.05, 0.1) is 19.0 Å². The van der Waals surface area contributed by atoms with Gasteiger partial charge in [-0.25, -0.2) is 9.97 Å². The topological polar surface area (TPSA) is 73.1 Å². The number of carbonyl (C=O) groups excluding carboxylic acids is 1. The molecular weight excluding hydrogens is 344 g/mol. The second-order valence-corrected chi connectivity index (χ2v) is 6.74. The summed E-state index contributed by atoms with van der Waals surface area (Å²) in [6, 6.07) is 0.234. The van der Waals surface area contributed by atoms with E-state index in [9.17, 15) is 13.6 Å². The van der Waals surface area contributed by atoms with E-state index in [0.29, 0.717) is 22.8 Å². The molecule has 4 rings (SSSR count). The summed E-state index contributed by atoms with van der Waals surface area (Å²) in [6.07, 6.45) is 4.10. The zero-order valence-corrected chi connectivity index (χ0v) is 14.6. The summed E-state index contributed by atoms with van der Waals surface area (Å²) in [4.78, 5) is 22.1. The summed E-state index contributed by atoms with van der Waals surface area (Å²) in [7, 11) is 1.30. The number of rotatable bonds is 4. The highest BCUT2D eigenvalue weighted by Crippen LogP contribution is 2.44. The quantitative estimate of drug-likeness (QED) is 0.775. The highest BCUT2D eigenvalue weighted by atomic mass is 19.3. The van der Waals surface area contributed by atoms with Crippen LogP contribution in [0.5, 0.6) is 0 Å². The van der Waals surface area contributed by atoms with E-state index >= 15 is 0 Å². The molecule has 1 fully saturated rings. The Morgan fingerprint density at radius 3 is 2.88 bits per heavy atom. The number of carbonyl (C=O) groups is 1. The van der Waals surface area contributed by atoms with E-state index in [4.69, 9.17) is 0 Å². The molecule has 0 aromatic carbocycles. The van der Waals surface area contributed by atoms with Crippen LogP contribution >= 0.6 is 0 Å². The van der Waals surface area contributed by atoms with Gasteiger partial charge in [0.1, 0.15) is 12.2 Å². The van der Waals surface area contributed by atoms with Gasteiger partial charge in [0.15, 0.2) is 0 Å². The summed E-state index contributed by atoms with van der Waals surface area (Å²) in [5.74, 6) is -3.05. The Morgan fingerprint density at radius 2 is 2.23 bits per heavy atom. The van der Waals surface area contributed by atoms with Gasteiger partial charge in [-0.3, -0.25) is 9.48 Å². The minimum absolute atomic E-state index is 0.0457. The molecule has 1 aliphatic carbocycles. The second-order valence-electron chi connectivity index (χ2n) is 6.74. The number of anilines is 1. The van der Waals surface area contributed by atoms with Crippen LogP contribution < -0.4 is 4.90 Å². The largest absolute Gasteiger partial charge is 0.468 e. The molecule has 1 atom stereocenters. The second kappa shape index (κ2) is 6.00. The van der Waals surface area contributed by atoms with E-state index in [2.05, 4.69) is 19.8 Å². The molecule has 1 unspecified atom stereocenters. The van der Waals surface area contributed by atoms with Crippen LogP contribution in [0.15, 0.2) is 12.4 Å². The van der Waals surface area contributed by atoms with Crippen LogP contribution in [-0.2, 0) is 28.4 Å². The van der Waals surface area contributed by atoms with E-state index in [0.717, 1.165) is 13.0 Å². The van der Waals surface area contributed by atoms with E-state index in [1.54, 1.807) is 6.20 Å². The number of hydrogen-bond acceptors (Lipinski definition) is 6. The smallest absolute Gasteiger partial charge is 0.327 e. The van der Waals surface area contributed by atoms with Crippen LogP contribution in [-0.4, -0.2) is 45.4 Å². The molecule has 0 spiro atoms. The van der Waals surface area contributed by atoms with Crippen molar-refractivity contribution in [3.8, 4) is 11.3 Å².